The van der Waals surface area contributed by atoms with Gasteiger partial charge in [0.25, 0.3) is 0 Å². The molecule has 1 aromatic carbocycles. The van der Waals surface area contributed by atoms with Crippen LogP contribution >= 0.6 is 0 Å². The Balaban J connectivity index is 1.40. The van der Waals surface area contributed by atoms with E-state index in [1.54, 1.807) is 0 Å². The van der Waals surface area contributed by atoms with Crippen molar-refractivity contribution in [1.29, 1.82) is 0 Å². The maximum Gasteiger partial charge on any atom is 0.157 e. The molecule has 0 saturated carbocycles. The number of nitrogens with zero attached hydrogens (tertiary/aromatic N) is 1. The fraction of sp³-hybridized carbons (Fsp3) is 0.700. The lowest BCUT2D eigenvalue weighted by Crippen LogP contribution is -2.33. The number of hydrogen-bond donors (Lipinski definition) is 2. The summed E-state index contributed by atoms with van der Waals surface area (Å²) >= 11 is 0. The van der Waals surface area contributed by atoms with Crippen LogP contribution in [0.25, 0.3) is 0 Å². The summed E-state index contributed by atoms with van der Waals surface area (Å²) in [6.07, 6.45) is 3.93. The van der Waals surface area contributed by atoms with Crippen molar-refractivity contribution >= 4 is 0 Å². The number of nitrogens with one attached hydrogen (secondary N) is 1. The second-order valence-electron chi connectivity index (χ2n) is 7.13. The molecule has 3 rings (SSSR count). The number of likely N-dealkylation sites (tertiary alicyclic amines) is 1. The van der Waals surface area contributed by atoms with Crippen LogP contribution in [0, 0.1) is 0 Å². The minimum absolute atomic E-state index is 0.0600. The SMILES string of the molecule is CN[C@H](CN1CC[C@H](O)C1)c1ccc(OCCOC2CCCCO2)cc1. The molecule has 2 saturated heterocycles. The summed E-state index contributed by atoms with van der Waals surface area (Å²) in [7, 11) is 1.98. The molecule has 1 aromatic rings. The van der Waals surface area contributed by atoms with Crippen molar-refractivity contribution in [3.8, 4) is 5.75 Å². The first-order valence-corrected chi connectivity index (χ1v) is 9.78. The molecule has 6 heteroatoms. The molecular weight excluding hydrogens is 332 g/mol. The Bertz CT molecular complexity index is 519. The molecule has 2 heterocycles. The Morgan fingerprint density at radius 2 is 2.08 bits per heavy atom. The van der Waals surface area contributed by atoms with Gasteiger partial charge in [0, 0.05) is 32.3 Å². The van der Waals surface area contributed by atoms with E-state index in [4.69, 9.17) is 14.2 Å². The largest absolute Gasteiger partial charge is 0.491 e. The molecule has 26 heavy (non-hydrogen) atoms. The quantitative estimate of drug-likeness (QED) is 0.653. The van der Waals surface area contributed by atoms with Crippen molar-refractivity contribution in [2.75, 3.05) is 46.5 Å². The van der Waals surface area contributed by atoms with Crippen LogP contribution in [0.1, 0.15) is 37.3 Å². The van der Waals surface area contributed by atoms with Crippen LogP contribution < -0.4 is 10.1 Å². The van der Waals surface area contributed by atoms with Gasteiger partial charge in [0.2, 0.25) is 0 Å². The van der Waals surface area contributed by atoms with Crippen LogP contribution in [-0.2, 0) is 9.47 Å². The van der Waals surface area contributed by atoms with E-state index >= 15 is 0 Å². The maximum absolute atomic E-state index is 9.68. The third kappa shape index (κ3) is 5.93. The number of rotatable bonds is 9. The second kappa shape index (κ2) is 10.2. The summed E-state index contributed by atoms with van der Waals surface area (Å²) in [5, 5.41) is 13.1. The smallest absolute Gasteiger partial charge is 0.157 e. The Morgan fingerprint density at radius 1 is 1.23 bits per heavy atom. The van der Waals surface area contributed by atoms with Crippen molar-refractivity contribution in [2.45, 2.75) is 44.1 Å². The second-order valence-corrected chi connectivity index (χ2v) is 7.13. The molecule has 6 nitrogen and oxygen atoms in total. The van der Waals surface area contributed by atoms with Gasteiger partial charge in [-0.3, -0.25) is 4.90 Å². The normalized spacial score (nSPS) is 25.3. The highest BCUT2D eigenvalue weighted by Gasteiger charge is 2.23. The summed E-state index contributed by atoms with van der Waals surface area (Å²) in [5.41, 5.74) is 1.23. The van der Waals surface area contributed by atoms with Gasteiger partial charge in [-0.25, -0.2) is 0 Å². The number of benzene rings is 1. The van der Waals surface area contributed by atoms with Crippen molar-refractivity contribution < 1.29 is 19.3 Å². The average molecular weight is 364 g/mol. The minimum atomic E-state index is -0.176. The van der Waals surface area contributed by atoms with Gasteiger partial charge < -0.3 is 24.6 Å². The lowest BCUT2D eigenvalue weighted by molar-refractivity contribution is -0.165. The molecule has 2 aliphatic rings. The van der Waals surface area contributed by atoms with Gasteiger partial charge in [-0.1, -0.05) is 12.1 Å². The van der Waals surface area contributed by atoms with Gasteiger partial charge in [-0.05, 0) is 50.4 Å². The zero-order valence-electron chi connectivity index (χ0n) is 15.7. The third-order valence-electron chi connectivity index (χ3n) is 5.11. The van der Waals surface area contributed by atoms with Crippen LogP contribution in [0.5, 0.6) is 5.75 Å². The van der Waals surface area contributed by atoms with Crippen molar-refractivity contribution in [2.24, 2.45) is 0 Å². The highest BCUT2D eigenvalue weighted by molar-refractivity contribution is 5.29. The summed E-state index contributed by atoms with van der Waals surface area (Å²) in [4.78, 5) is 2.31. The molecule has 0 aliphatic carbocycles. The predicted molar refractivity (Wildman–Crippen MR) is 100 cm³/mol. The molecule has 0 bridgehead atoms. The molecule has 2 fully saturated rings. The van der Waals surface area contributed by atoms with Crippen LogP contribution in [-0.4, -0.2) is 68.9 Å². The Kier molecular flexibility index (Phi) is 7.70. The molecule has 0 amide bonds. The Morgan fingerprint density at radius 3 is 2.73 bits per heavy atom. The average Bonchev–Trinajstić information content (AvgIpc) is 3.10. The number of ether oxygens (including phenoxy) is 3. The summed E-state index contributed by atoms with van der Waals surface area (Å²) in [5.74, 6) is 0.855. The van der Waals surface area contributed by atoms with E-state index < -0.39 is 0 Å². The van der Waals surface area contributed by atoms with Gasteiger partial charge in [0.1, 0.15) is 12.4 Å². The Hall–Kier alpha value is -1.18. The lowest BCUT2D eigenvalue weighted by Gasteiger charge is -2.24. The number of likely N-dealkylation sites (N-methyl/N-ethyl adjacent to an activating group) is 1. The van der Waals surface area contributed by atoms with Gasteiger partial charge >= 0.3 is 0 Å². The maximum atomic E-state index is 9.68. The fourth-order valence-corrected chi connectivity index (χ4v) is 3.58. The van der Waals surface area contributed by atoms with Gasteiger partial charge in [-0.15, -0.1) is 0 Å². The molecule has 1 unspecified atom stereocenters. The number of hydrogen-bond acceptors (Lipinski definition) is 6. The molecule has 0 spiro atoms. The van der Waals surface area contributed by atoms with Crippen LogP contribution in [0.2, 0.25) is 0 Å². The summed E-state index contributed by atoms with van der Waals surface area (Å²) < 4.78 is 17.0. The van der Waals surface area contributed by atoms with E-state index in [1.807, 2.05) is 19.2 Å². The van der Waals surface area contributed by atoms with Crippen molar-refractivity contribution in [1.82, 2.24) is 10.2 Å². The lowest BCUT2D eigenvalue weighted by atomic mass is 10.1. The fourth-order valence-electron chi connectivity index (χ4n) is 3.58. The van der Waals surface area contributed by atoms with Crippen LogP contribution in [0.4, 0.5) is 0 Å². The van der Waals surface area contributed by atoms with Crippen LogP contribution in [0.15, 0.2) is 24.3 Å². The van der Waals surface area contributed by atoms with E-state index in [-0.39, 0.29) is 18.4 Å². The van der Waals surface area contributed by atoms with E-state index in [9.17, 15) is 5.11 Å². The zero-order valence-corrected chi connectivity index (χ0v) is 15.7. The summed E-state index contributed by atoms with van der Waals surface area (Å²) in [6.45, 7) is 4.51. The Labute approximate surface area is 156 Å². The minimum Gasteiger partial charge on any atom is -0.491 e. The van der Waals surface area contributed by atoms with Gasteiger partial charge in [0.15, 0.2) is 6.29 Å². The van der Waals surface area contributed by atoms with E-state index in [1.165, 1.54) is 12.0 Å². The third-order valence-corrected chi connectivity index (χ3v) is 5.11. The number of aliphatic hydroxyl groups excluding tert-OH is 1. The number of β-amino-alcohol motifs (C(OH)–C–C–N with tert-alkyl or cyclic N) is 1. The van der Waals surface area contributed by atoms with Crippen molar-refractivity contribution in [3.05, 3.63) is 29.8 Å². The molecule has 0 radical (unpaired) electrons. The first kappa shape index (κ1) is 19.6. The van der Waals surface area contributed by atoms with E-state index in [2.05, 4.69) is 22.3 Å². The molecule has 3 atom stereocenters. The van der Waals surface area contributed by atoms with Crippen molar-refractivity contribution in [3.63, 3.8) is 0 Å². The molecular formula is C20H32N2O4. The standard InChI is InChI=1S/C20H32N2O4/c1-21-19(15-22-10-9-17(23)14-22)16-5-7-18(8-6-16)24-12-13-26-20-4-2-3-11-25-20/h5-8,17,19-21,23H,2-4,9-15H2,1H3/t17-,19+,20?/m0/s1. The first-order chi connectivity index (χ1) is 12.7. The molecule has 2 aliphatic heterocycles. The predicted octanol–water partition coefficient (Wildman–Crippen LogP) is 1.94. The highest BCUT2D eigenvalue weighted by atomic mass is 16.7. The van der Waals surface area contributed by atoms with E-state index in [0.717, 1.165) is 51.3 Å². The molecule has 0 aromatic heterocycles. The molecule has 146 valence electrons. The summed E-state index contributed by atoms with van der Waals surface area (Å²) in [6, 6.07) is 8.48. The zero-order chi connectivity index (χ0) is 18.2. The van der Waals surface area contributed by atoms with Crippen LogP contribution in [0.3, 0.4) is 0 Å². The highest BCUT2D eigenvalue weighted by Crippen LogP contribution is 2.21. The molecule has 2 N–H and O–H groups in total. The van der Waals surface area contributed by atoms with Gasteiger partial charge in [0.05, 0.1) is 12.7 Å². The number of aliphatic hydroxyl groups is 1. The van der Waals surface area contributed by atoms with E-state index in [0.29, 0.717) is 13.2 Å². The van der Waals surface area contributed by atoms with Gasteiger partial charge in [-0.2, -0.15) is 0 Å². The topological polar surface area (TPSA) is 63.2 Å². The monoisotopic (exact) mass is 364 g/mol. The first-order valence-electron chi connectivity index (χ1n) is 9.78.